The van der Waals surface area contributed by atoms with E-state index in [0.29, 0.717) is 0 Å². The molecule has 0 N–H and O–H groups in total. The van der Waals surface area contributed by atoms with Crippen LogP contribution in [0.25, 0.3) is 38.6 Å². The van der Waals surface area contributed by atoms with Crippen molar-refractivity contribution in [3.63, 3.8) is 0 Å². The maximum absolute atomic E-state index is 4.23. The zero-order valence-corrected chi connectivity index (χ0v) is 46.2. The summed E-state index contributed by atoms with van der Waals surface area (Å²) in [5.74, 6) is 0. The van der Waals surface area contributed by atoms with Crippen LogP contribution in [0.4, 0.5) is 0 Å². The van der Waals surface area contributed by atoms with Gasteiger partial charge in [0.05, 0.1) is 0 Å². The van der Waals surface area contributed by atoms with Crippen LogP contribution >= 0.6 is 0 Å². The molecule has 65 heavy (non-hydrogen) atoms. The fraction of sp³-hybridized carbons (Fsp3) is 0.415. The second-order valence-electron chi connectivity index (χ2n) is 19.6. The molecular weight excluding hydrogens is 781 g/mol. The van der Waals surface area contributed by atoms with Crippen molar-refractivity contribution in [1.82, 2.24) is 0 Å². The molecule has 0 unspecified atom stereocenters. The Labute approximate surface area is 402 Å². The lowest BCUT2D eigenvalue weighted by molar-refractivity contribution is 1.15. The number of hydrogen-bond acceptors (Lipinski definition) is 0. The largest absolute Gasteiger partial charge is 0.0958 e. The predicted octanol–water partition coefficient (Wildman–Crippen LogP) is 20.9. The fourth-order valence-electron chi connectivity index (χ4n) is 9.27. The van der Waals surface area contributed by atoms with Crippen molar-refractivity contribution in [3.05, 3.63) is 179 Å². The van der Waals surface area contributed by atoms with Gasteiger partial charge in [-0.15, -0.1) is 0 Å². The molecule has 0 heteroatoms. The van der Waals surface area contributed by atoms with E-state index in [2.05, 4.69) is 206 Å². The van der Waals surface area contributed by atoms with E-state index < -0.39 is 0 Å². The maximum atomic E-state index is 4.23. The molecule has 354 valence electrons. The van der Waals surface area contributed by atoms with Gasteiger partial charge < -0.3 is 0 Å². The van der Waals surface area contributed by atoms with Crippen LogP contribution < -0.4 is 0 Å². The van der Waals surface area contributed by atoms with Crippen molar-refractivity contribution in [1.29, 1.82) is 0 Å². The highest BCUT2D eigenvalue weighted by Gasteiger charge is 2.21. The topological polar surface area (TPSA) is 0 Å². The van der Waals surface area contributed by atoms with Crippen molar-refractivity contribution in [2.24, 2.45) is 0 Å². The van der Waals surface area contributed by atoms with Gasteiger partial charge in [-0.1, -0.05) is 85.9 Å². The van der Waals surface area contributed by atoms with Gasteiger partial charge in [0.25, 0.3) is 0 Å². The molecule has 0 aromatic heterocycles. The van der Waals surface area contributed by atoms with E-state index in [0.717, 1.165) is 33.4 Å². The van der Waals surface area contributed by atoms with Crippen LogP contribution in [0.2, 0.25) is 0 Å². The van der Waals surface area contributed by atoms with Crippen LogP contribution in [-0.4, -0.2) is 0 Å². The highest BCUT2D eigenvalue weighted by atomic mass is 14.3. The Morgan fingerprint density at radius 1 is 0.246 bits per heavy atom. The molecule has 4 aromatic rings. The Balaban J connectivity index is 0.000000865. The summed E-state index contributed by atoms with van der Waals surface area (Å²) in [5.41, 5.74) is 39.6. The van der Waals surface area contributed by atoms with Crippen LogP contribution in [0, 0.1) is 104 Å². The molecule has 0 heterocycles. The molecule has 0 atom stereocenters. The van der Waals surface area contributed by atoms with Gasteiger partial charge in [-0.25, -0.2) is 0 Å². The highest BCUT2D eigenvalue weighted by molar-refractivity contribution is 6.02. The first-order valence-corrected chi connectivity index (χ1v) is 23.1. The summed E-state index contributed by atoms with van der Waals surface area (Å²) in [6.45, 7) is 80.9. The molecule has 4 aromatic carbocycles. The smallest absolute Gasteiger partial charge is 0.0111 e. The fourth-order valence-corrected chi connectivity index (χ4v) is 9.27. The minimum Gasteiger partial charge on any atom is -0.0958 e. The summed E-state index contributed by atoms with van der Waals surface area (Å²) in [5, 5.41) is 2.81. The zero-order chi connectivity index (χ0) is 50.5. The van der Waals surface area contributed by atoms with E-state index in [1.807, 2.05) is 13.8 Å². The van der Waals surface area contributed by atoms with Gasteiger partial charge in [-0.2, -0.15) is 0 Å². The van der Waals surface area contributed by atoms with Crippen LogP contribution in [0.15, 0.2) is 67.3 Å². The van der Waals surface area contributed by atoms with Crippen molar-refractivity contribution in [2.75, 3.05) is 0 Å². The highest BCUT2D eigenvalue weighted by Crippen LogP contribution is 2.41. The Morgan fingerprint density at radius 2 is 0.431 bits per heavy atom. The molecule has 0 radical (unpaired) electrons. The summed E-state index contributed by atoms with van der Waals surface area (Å²) in [6.07, 6.45) is 0. The average molecular weight is 875 g/mol. The maximum Gasteiger partial charge on any atom is -0.0111 e. The second kappa shape index (κ2) is 24.0. The first-order chi connectivity index (χ1) is 29.1. The summed E-state index contributed by atoms with van der Waals surface area (Å²) >= 11 is 0. The van der Waals surface area contributed by atoms with E-state index >= 15 is 0 Å². The monoisotopic (exact) mass is 875 g/mol. The molecule has 0 saturated carbocycles. The Kier molecular flexibility index (Phi) is 22.2. The number of benzene rings is 4. The lowest BCUT2D eigenvalue weighted by Crippen LogP contribution is -2.04. The van der Waals surface area contributed by atoms with Crippen molar-refractivity contribution >= 4 is 38.6 Å². The molecule has 0 nitrogen and oxygen atoms in total. The van der Waals surface area contributed by atoms with E-state index in [1.54, 1.807) is 0 Å². The Bertz CT molecular complexity index is 2490. The normalized spacial score (nSPS) is 10.8. The first kappa shape index (κ1) is 60.1. The first-order valence-electron chi connectivity index (χ1n) is 23.1. The van der Waals surface area contributed by atoms with Gasteiger partial charge in [0.1, 0.15) is 0 Å². The number of hydrogen-bond donors (Lipinski definition) is 0. The minimum absolute atomic E-state index is 0. The van der Waals surface area contributed by atoms with E-state index in [-0.39, 0.29) is 7.43 Å². The summed E-state index contributed by atoms with van der Waals surface area (Å²) < 4.78 is 0. The van der Waals surface area contributed by atoms with E-state index in [4.69, 9.17) is 0 Å². The van der Waals surface area contributed by atoms with Crippen molar-refractivity contribution in [2.45, 2.75) is 187 Å². The molecule has 0 aliphatic rings. The lowest BCUT2D eigenvalue weighted by Gasteiger charge is -2.24. The molecule has 0 fully saturated rings. The number of aryl methyl sites for hydroxylation is 4. The van der Waals surface area contributed by atoms with Crippen molar-refractivity contribution < 1.29 is 0 Å². The molecule has 4 rings (SSSR count). The molecular formula is C65H94. The lowest BCUT2D eigenvalue weighted by atomic mass is 9.80. The van der Waals surface area contributed by atoms with Crippen LogP contribution in [0.1, 0.15) is 195 Å². The molecule has 0 bridgehead atoms. The van der Waals surface area contributed by atoms with Gasteiger partial charge in [0, 0.05) is 0 Å². The molecule has 0 spiro atoms. The Hall–Kier alpha value is -4.94. The van der Waals surface area contributed by atoms with Crippen LogP contribution in [0.5, 0.6) is 0 Å². The molecule has 0 amide bonds. The molecule has 0 aliphatic heterocycles. The van der Waals surface area contributed by atoms with E-state index in [9.17, 15) is 0 Å². The van der Waals surface area contributed by atoms with Crippen LogP contribution in [-0.2, 0) is 0 Å². The van der Waals surface area contributed by atoms with Gasteiger partial charge in [-0.3, -0.25) is 0 Å². The third kappa shape index (κ3) is 12.7. The van der Waals surface area contributed by atoms with Gasteiger partial charge in [0.15, 0.2) is 0 Å². The van der Waals surface area contributed by atoms with Crippen LogP contribution in [0.3, 0.4) is 0 Å². The summed E-state index contributed by atoms with van der Waals surface area (Å²) in [4.78, 5) is 0. The predicted molar refractivity (Wildman–Crippen MR) is 305 cm³/mol. The second-order valence-corrected chi connectivity index (χ2v) is 19.6. The number of fused-ring (bicyclic) bond motifs is 1. The zero-order valence-electron chi connectivity index (χ0n) is 46.2. The van der Waals surface area contributed by atoms with Crippen molar-refractivity contribution in [3.8, 4) is 0 Å². The summed E-state index contributed by atoms with van der Waals surface area (Å²) in [6, 6.07) is 0. The number of rotatable bonds is 7. The Morgan fingerprint density at radius 3 is 0.631 bits per heavy atom. The SMILES string of the molecule is C.C=C(C)/C(C)=C(/C)C(=C)C.C=C(C)c1c(C(=C)C)c(C)c2c(C)c(C)c(C)c(C)c2c1C.C=C(C)c1c(C)c(C)c(C)c(C)c1C(=C)C.CC(C)=C(C)c1c(C)c(C)c(C)c(C)c1C. The van der Waals surface area contributed by atoms with Gasteiger partial charge in [0.2, 0.25) is 0 Å². The molecule has 0 saturated heterocycles. The standard InChI is InChI=1S/C22H28.C16H24.C16H22.C10H16.CH4/c1-11(2)19-17(9)21-15(7)13(5)14(6)16(8)22(21)18(10)20(19)12(3)4;1-9(2)10(3)16-14(7)12(5)11(4)13(6)15(16)8;1-9(2)15-13(7)11(5)12(6)14(8)16(15)10(3)4;1-7(2)9(5)10(6)8(3)4;/h1,3H2,2,4-10H3;1-8H3;1,3H2,2,4-8H3;1,3H2,2,4-6H3;1H4/b;;;10-9-;. The summed E-state index contributed by atoms with van der Waals surface area (Å²) in [7, 11) is 0. The number of allylic oxidation sites excluding steroid dienone is 10. The minimum atomic E-state index is 0. The van der Waals surface area contributed by atoms with Gasteiger partial charge >= 0.3 is 0 Å². The molecule has 0 aliphatic carbocycles. The third-order valence-electron chi connectivity index (χ3n) is 14.8. The van der Waals surface area contributed by atoms with Gasteiger partial charge in [-0.05, 0) is 319 Å². The average Bonchev–Trinajstić information content (AvgIpc) is 3.20. The quantitative estimate of drug-likeness (QED) is 0.162. The van der Waals surface area contributed by atoms with E-state index in [1.165, 1.54) is 144 Å². The third-order valence-corrected chi connectivity index (χ3v) is 14.8.